The van der Waals surface area contributed by atoms with Gasteiger partial charge in [0.1, 0.15) is 22.4 Å². The highest BCUT2D eigenvalue weighted by Crippen LogP contribution is 2.41. The Morgan fingerprint density at radius 1 is 0.615 bits per heavy atom. The molecule has 2 aromatic carbocycles. The second-order valence-electron chi connectivity index (χ2n) is 8.60. The highest BCUT2D eigenvalue weighted by molar-refractivity contribution is 6.02. The second kappa shape index (κ2) is 13.0. The van der Waals surface area contributed by atoms with Crippen LogP contribution in [-0.4, -0.2) is 58.0 Å². The van der Waals surface area contributed by atoms with Gasteiger partial charge < -0.3 is 49.2 Å². The van der Waals surface area contributed by atoms with E-state index in [1.165, 1.54) is 21.2 Å². The van der Waals surface area contributed by atoms with Crippen molar-refractivity contribution in [1.29, 1.82) is 0 Å². The van der Waals surface area contributed by atoms with Crippen LogP contribution in [0.1, 0.15) is 11.1 Å². The zero-order valence-corrected chi connectivity index (χ0v) is 24.1. The Kier molecular flexibility index (Phi) is 10.5. The standard InChI is InChI=1S/2C14H14N2O2.2ClH.H2O/c2*1-16-7-5-9-8-11(17-2)14(18-3)13-12(9)10(16)4-6-15-13;;;/h2*4-8H,1-3H3;2*1H;1H2. The molecule has 11 heteroatoms. The van der Waals surface area contributed by atoms with Gasteiger partial charge in [-0.2, -0.15) is 0 Å². The molecule has 0 bridgehead atoms. The predicted molar refractivity (Wildman–Crippen MR) is 144 cm³/mol. The third-order valence-corrected chi connectivity index (χ3v) is 6.65. The summed E-state index contributed by atoms with van der Waals surface area (Å²) in [6, 6.07) is 8.07. The van der Waals surface area contributed by atoms with E-state index in [2.05, 4.69) is 48.6 Å². The third kappa shape index (κ3) is 5.32. The summed E-state index contributed by atoms with van der Waals surface area (Å²) < 4.78 is 21.6. The lowest BCUT2D eigenvalue weighted by atomic mass is 10.0. The molecule has 4 heterocycles. The number of halogens is 2. The predicted octanol–water partition coefficient (Wildman–Crippen LogP) is -4.05. The molecule has 0 aliphatic carbocycles. The number of aromatic nitrogens is 2. The van der Waals surface area contributed by atoms with Gasteiger partial charge in [-0.3, -0.25) is 19.8 Å². The summed E-state index contributed by atoms with van der Waals surface area (Å²) in [7, 11) is 10.8. The summed E-state index contributed by atoms with van der Waals surface area (Å²) >= 11 is 0. The van der Waals surface area contributed by atoms with E-state index in [9.17, 15) is 0 Å². The zero-order valence-electron chi connectivity index (χ0n) is 22.6. The van der Waals surface area contributed by atoms with Gasteiger partial charge in [0.05, 0.1) is 65.7 Å². The highest BCUT2D eigenvalue weighted by Gasteiger charge is 2.23. The molecule has 9 nitrogen and oxygen atoms in total. The SMILES string of the molecule is COc1cc2c3c(ccnc3c1OC)[NH+](C)C=C2.COc1cc2c3c(ccnc3c1OC)[NH+](C)C=C2.O.[Cl-].[Cl-]. The average molecular weight is 575 g/mol. The number of nitrogens with zero attached hydrogens (tertiary/aromatic N) is 2. The Bertz CT molecular complexity index is 1430. The van der Waals surface area contributed by atoms with Crippen molar-refractivity contribution in [3.05, 3.63) is 60.2 Å². The van der Waals surface area contributed by atoms with Crippen LogP contribution in [0.25, 0.3) is 34.0 Å². The topological polar surface area (TPSA) is 103 Å². The summed E-state index contributed by atoms with van der Waals surface area (Å²) in [5.74, 6) is 2.82. The molecule has 0 saturated heterocycles. The van der Waals surface area contributed by atoms with E-state index < -0.39 is 0 Å². The van der Waals surface area contributed by atoms with Crippen LogP contribution in [0.15, 0.2) is 49.1 Å². The van der Waals surface area contributed by atoms with Crippen molar-refractivity contribution < 1.29 is 59.0 Å². The van der Waals surface area contributed by atoms with Crippen molar-refractivity contribution in [2.75, 3.05) is 42.5 Å². The van der Waals surface area contributed by atoms with E-state index in [1.807, 2.05) is 36.7 Å². The normalized spacial score (nSPS) is 15.6. The van der Waals surface area contributed by atoms with Crippen LogP contribution in [0, 0.1) is 0 Å². The van der Waals surface area contributed by atoms with E-state index in [1.54, 1.807) is 28.4 Å². The summed E-state index contributed by atoms with van der Waals surface area (Å²) in [6.07, 6.45) is 12.0. The van der Waals surface area contributed by atoms with Crippen LogP contribution < -0.4 is 53.6 Å². The van der Waals surface area contributed by atoms with Gasteiger partial charge in [-0.25, -0.2) is 0 Å². The average Bonchev–Trinajstić information content (AvgIpc) is 2.92. The van der Waals surface area contributed by atoms with Gasteiger partial charge in [-0.1, -0.05) is 0 Å². The molecule has 208 valence electrons. The molecule has 2 aromatic heterocycles. The maximum absolute atomic E-state index is 5.44. The van der Waals surface area contributed by atoms with E-state index in [4.69, 9.17) is 18.9 Å². The fourth-order valence-electron chi connectivity index (χ4n) is 4.87. The van der Waals surface area contributed by atoms with Gasteiger partial charge in [0, 0.05) is 24.5 Å². The van der Waals surface area contributed by atoms with Gasteiger partial charge in [-0.15, -0.1) is 0 Å². The molecular weight excluding hydrogens is 543 g/mol. The number of ether oxygens (including phenoxy) is 4. The minimum absolute atomic E-state index is 0. The summed E-state index contributed by atoms with van der Waals surface area (Å²) in [6.45, 7) is 0. The highest BCUT2D eigenvalue weighted by atomic mass is 35.5. The lowest BCUT2D eigenvalue weighted by Crippen LogP contribution is -3.00. The van der Waals surface area contributed by atoms with Crippen LogP contribution in [0.3, 0.4) is 0 Å². The van der Waals surface area contributed by atoms with E-state index in [-0.39, 0.29) is 30.3 Å². The summed E-state index contributed by atoms with van der Waals surface area (Å²) in [5.41, 5.74) is 6.37. The number of quaternary nitrogens is 2. The van der Waals surface area contributed by atoms with E-state index in [0.717, 1.165) is 32.9 Å². The quantitative estimate of drug-likeness (QED) is 0.257. The Morgan fingerprint density at radius 2 is 1.00 bits per heavy atom. The van der Waals surface area contributed by atoms with Gasteiger partial charge >= 0.3 is 0 Å². The molecule has 2 unspecified atom stereocenters. The molecular formula is C28H32Cl2N4O5. The van der Waals surface area contributed by atoms with E-state index in [0.29, 0.717) is 23.0 Å². The number of benzene rings is 2. The van der Waals surface area contributed by atoms with Crippen LogP contribution in [0.5, 0.6) is 23.0 Å². The molecule has 4 N–H and O–H groups in total. The number of methoxy groups -OCH3 is 4. The van der Waals surface area contributed by atoms with Gasteiger partial charge in [-0.05, 0) is 35.4 Å². The molecule has 4 aromatic rings. The lowest BCUT2D eigenvalue weighted by molar-refractivity contribution is -0.748. The Balaban J connectivity index is 0.000000254. The Morgan fingerprint density at radius 3 is 1.33 bits per heavy atom. The second-order valence-corrected chi connectivity index (χ2v) is 8.60. The molecule has 6 rings (SSSR count). The molecule has 0 radical (unpaired) electrons. The molecule has 0 saturated carbocycles. The minimum Gasteiger partial charge on any atom is -1.00 e. The lowest BCUT2D eigenvalue weighted by Gasteiger charge is -2.19. The van der Waals surface area contributed by atoms with Crippen molar-refractivity contribution in [2.24, 2.45) is 0 Å². The first kappa shape index (κ1) is 31.6. The fourth-order valence-corrected chi connectivity index (χ4v) is 4.87. The minimum atomic E-state index is 0. The van der Waals surface area contributed by atoms with Gasteiger partial charge in [0.15, 0.2) is 23.0 Å². The molecule has 2 aliphatic rings. The molecule has 2 aliphatic heterocycles. The van der Waals surface area contributed by atoms with Crippen molar-refractivity contribution in [3.63, 3.8) is 0 Å². The van der Waals surface area contributed by atoms with Crippen molar-refractivity contribution >= 4 is 45.3 Å². The van der Waals surface area contributed by atoms with Crippen molar-refractivity contribution in [1.82, 2.24) is 9.97 Å². The molecule has 0 fully saturated rings. The third-order valence-electron chi connectivity index (χ3n) is 6.65. The maximum Gasteiger partial charge on any atom is 0.187 e. The number of hydrogen-bond donors (Lipinski definition) is 2. The Labute approximate surface area is 239 Å². The summed E-state index contributed by atoms with van der Waals surface area (Å²) in [4.78, 5) is 11.4. The number of nitrogens with one attached hydrogen (secondary N) is 2. The summed E-state index contributed by atoms with van der Waals surface area (Å²) in [5, 5.41) is 2.27. The number of hydrogen-bond acceptors (Lipinski definition) is 6. The van der Waals surface area contributed by atoms with Crippen molar-refractivity contribution in [3.8, 4) is 23.0 Å². The fraction of sp³-hybridized carbons (Fsp3) is 0.214. The number of pyridine rings is 2. The van der Waals surface area contributed by atoms with Gasteiger partial charge in [0.25, 0.3) is 0 Å². The monoisotopic (exact) mass is 574 g/mol. The first-order chi connectivity index (χ1) is 17.5. The molecule has 0 amide bonds. The Hall–Kier alpha value is -3.60. The molecule has 2 atom stereocenters. The van der Waals surface area contributed by atoms with Crippen LogP contribution in [0.4, 0.5) is 11.4 Å². The van der Waals surface area contributed by atoms with Crippen LogP contribution >= 0.6 is 0 Å². The van der Waals surface area contributed by atoms with Gasteiger partial charge in [0.2, 0.25) is 0 Å². The maximum atomic E-state index is 5.44. The first-order valence-corrected chi connectivity index (χ1v) is 11.6. The molecule has 0 spiro atoms. The van der Waals surface area contributed by atoms with Crippen LogP contribution in [-0.2, 0) is 0 Å². The smallest absolute Gasteiger partial charge is 0.187 e. The molecule has 39 heavy (non-hydrogen) atoms. The van der Waals surface area contributed by atoms with Crippen LogP contribution in [0.2, 0.25) is 0 Å². The first-order valence-electron chi connectivity index (χ1n) is 11.6. The van der Waals surface area contributed by atoms with E-state index >= 15 is 0 Å². The largest absolute Gasteiger partial charge is 1.00 e. The van der Waals surface area contributed by atoms with Crippen molar-refractivity contribution in [2.45, 2.75) is 0 Å². The number of rotatable bonds is 4. The zero-order chi connectivity index (χ0) is 25.4.